The van der Waals surface area contributed by atoms with Crippen molar-refractivity contribution >= 4 is 11.3 Å². The SMILES string of the molecule is Cc1nnc(C(F)(F)F)s1. The summed E-state index contributed by atoms with van der Waals surface area (Å²) in [5.41, 5.74) is 0. The highest BCUT2D eigenvalue weighted by atomic mass is 32.1. The lowest BCUT2D eigenvalue weighted by Gasteiger charge is -1.96. The van der Waals surface area contributed by atoms with Crippen LogP contribution in [0.2, 0.25) is 0 Å². The van der Waals surface area contributed by atoms with Gasteiger partial charge in [-0.15, -0.1) is 10.2 Å². The van der Waals surface area contributed by atoms with Gasteiger partial charge in [0, 0.05) is 0 Å². The fourth-order valence-electron chi connectivity index (χ4n) is 0.411. The maximum Gasteiger partial charge on any atom is 0.445 e. The lowest BCUT2D eigenvalue weighted by Crippen LogP contribution is -2.03. The first kappa shape index (κ1) is 7.46. The van der Waals surface area contributed by atoms with Crippen molar-refractivity contribution in [2.45, 2.75) is 13.1 Å². The van der Waals surface area contributed by atoms with E-state index in [1.165, 1.54) is 6.92 Å². The molecule has 0 bridgehead atoms. The van der Waals surface area contributed by atoms with Crippen LogP contribution in [0.4, 0.5) is 13.2 Å². The maximum atomic E-state index is 11.7. The molecule has 0 aromatic carbocycles. The molecule has 10 heavy (non-hydrogen) atoms. The molecule has 0 aliphatic heterocycles. The maximum absolute atomic E-state index is 11.7. The van der Waals surface area contributed by atoms with Crippen LogP contribution < -0.4 is 0 Å². The molecule has 0 N–H and O–H groups in total. The van der Waals surface area contributed by atoms with Gasteiger partial charge in [0.2, 0.25) is 5.01 Å². The fourth-order valence-corrected chi connectivity index (χ4v) is 0.970. The van der Waals surface area contributed by atoms with Gasteiger partial charge in [-0.25, -0.2) is 0 Å². The Kier molecular flexibility index (Phi) is 1.63. The minimum atomic E-state index is -4.34. The highest BCUT2D eigenvalue weighted by molar-refractivity contribution is 7.11. The lowest BCUT2D eigenvalue weighted by molar-refractivity contribution is -0.138. The Hall–Kier alpha value is -0.650. The van der Waals surface area contributed by atoms with E-state index in [1.54, 1.807) is 0 Å². The number of hydrogen-bond donors (Lipinski definition) is 0. The van der Waals surface area contributed by atoms with Crippen molar-refractivity contribution < 1.29 is 13.2 Å². The van der Waals surface area contributed by atoms with E-state index in [1.807, 2.05) is 0 Å². The van der Waals surface area contributed by atoms with E-state index in [-0.39, 0.29) is 0 Å². The molecule has 1 aromatic heterocycles. The third kappa shape index (κ3) is 1.44. The van der Waals surface area contributed by atoms with E-state index in [0.29, 0.717) is 16.3 Å². The summed E-state index contributed by atoms with van der Waals surface area (Å²) in [7, 11) is 0. The second-order valence-electron chi connectivity index (χ2n) is 1.62. The standard InChI is InChI=1S/C4H3F3N2S/c1-2-8-9-3(10-2)4(5,6)7/h1H3. The summed E-state index contributed by atoms with van der Waals surface area (Å²) >= 11 is 0.547. The van der Waals surface area contributed by atoms with E-state index in [0.717, 1.165) is 0 Å². The minimum absolute atomic E-state index is 0.326. The van der Waals surface area contributed by atoms with E-state index in [2.05, 4.69) is 10.2 Å². The summed E-state index contributed by atoms with van der Waals surface area (Å²) in [4.78, 5) is 0. The number of alkyl halides is 3. The van der Waals surface area contributed by atoms with Crippen LogP contribution in [0.3, 0.4) is 0 Å². The zero-order valence-corrected chi connectivity index (χ0v) is 5.75. The molecule has 0 radical (unpaired) electrons. The molecule has 0 amide bonds. The van der Waals surface area contributed by atoms with Crippen molar-refractivity contribution in [3.05, 3.63) is 10.0 Å². The third-order valence-corrected chi connectivity index (χ3v) is 1.65. The summed E-state index contributed by atoms with van der Waals surface area (Å²) in [6.45, 7) is 1.48. The summed E-state index contributed by atoms with van der Waals surface area (Å²) in [6.07, 6.45) is -4.34. The Morgan fingerprint density at radius 3 is 2.10 bits per heavy atom. The number of halogens is 3. The normalized spacial score (nSPS) is 12.0. The Labute approximate surface area is 58.7 Å². The van der Waals surface area contributed by atoms with Crippen LogP contribution in [0.5, 0.6) is 0 Å². The molecular formula is C4H3F3N2S. The molecule has 1 aromatic rings. The van der Waals surface area contributed by atoms with E-state index < -0.39 is 11.2 Å². The molecule has 1 rings (SSSR count). The van der Waals surface area contributed by atoms with Crippen LogP contribution in [0.1, 0.15) is 10.0 Å². The molecule has 0 unspecified atom stereocenters. The number of aryl methyl sites for hydroxylation is 1. The van der Waals surface area contributed by atoms with Crippen molar-refractivity contribution in [3.8, 4) is 0 Å². The third-order valence-electron chi connectivity index (χ3n) is 0.769. The molecule has 0 atom stereocenters. The zero-order chi connectivity index (χ0) is 7.78. The number of nitrogens with zero attached hydrogens (tertiary/aromatic N) is 2. The first-order valence-corrected chi connectivity index (χ1v) is 3.19. The van der Waals surface area contributed by atoms with Crippen LogP contribution in [0.25, 0.3) is 0 Å². The van der Waals surface area contributed by atoms with E-state index in [9.17, 15) is 13.2 Å². The van der Waals surface area contributed by atoms with Crippen LogP contribution in [-0.4, -0.2) is 10.2 Å². The molecule has 56 valence electrons. The van der Waals surface area contributed by atoms with Gasteiger partial charge < -0.3 is 0 Å². The highest BCUT2D eigenvalue weighted by Gasteiger charge is 2.35. The molecule has 0 saturated heterocycles. The average molecular weight is 168 g/mol. The first-order valence-electron chi connectivity index (χ1n) is 2.37. The molecule has 6 heteroatoms. The summed E-state index contributed by atoms with van der Waals surface area (Å²) in [5.74, 6) is 0. The van der Waals surface area contributed by atoms with Crippen molar-refractivity contribution in [1.29, 1.82) is 0 Å². The van der Waals surface area contributed by atoms with Gasteiger partial charge in [0.05, 0.1) is 0 Å². The Balaban J connectivity index is 2.96. The van der Waals surface area contributed by atoms with Crippen molar-refractivity contribution in [2.24, 2.45) is 0 Å². The van der Waals surface area contributed by atoms with Gasteiger partial charge >= 0.3 is 6.18 Å². The second-order valence-corrected chi connectivity index (χ2v) is 2.81. The number of hydrogen-bond acceptors (Lipinski definition) is 3. The van der Waals surface area contributed by atoms with Crippen molar-refractivity contribution in [1.82, 2.24) is 10.2 Å². The second kappa shape index (κ2) is 2.19. The quantitative estimate of drug-likeness (QED) is 0.591. The zero-order valence-electron chi connectivity index (χ0n) is 4.94. The van der Waals surface area contributed by atoms with E-state index >= 15 is 0 Å². The summed E-state index contributed by atoms with van der Waals surface area (Å²) < 4.78 is 35.1. The van der Waals surface area contributed by atoms with Gasteiger partial charge in [-0.3, -0.25) is 0 Å². The lowest BCUT2D eigenvalue weighted by atomic mass is 10.7. The molecular weight excluding hydrogens is 165 g/mol. The highest BCUT2D eigenvalue weighted by Crippen LogP contribution is 2.30. The van der Waals surface area contributed by atoms with Gasteiger partial charge in [-0.1, -0.05) is 11.3 Å². The molecule has 0 aliphatic rings. The fraction of sp³-hybridized carbons (Fsp3) is 0.500. The minimum Gasteiger partial charge on any atom is -0.164 e. The number of aromatic nitrogens is 2. The Bertz CT molecular complexity index is 229. The largest absolute Gasteiger partial charge is 0.445 e. The van der Waals surface area contributed by atoms with Crippen LogP contribution in [-0.2, 0) is 6.18 Å². The molecule has 0 spiro atoms. The predicted octanol–water partition coefficient (Wildman–Crippen LogP) is 1.87. The first-order chi connectivity index (χ1) is 4.50. The topological polar surface area (TPSA) is 25.8 Å². The molecule has 0 fully saturated rings. The van der Waals surface area contributed by atoms with Gasteiger partial charge in [-0.05, 0) is 6.92 Å². The van der Waals surface area contributed by atoms with Gasteiger partial charge in [0.15, 0.2) is 0 Å². The Morgan fingerprint density at radius 2 is 1.90 bits per heavy atom. The molecule has 2 nitrogen and oxygen atoms in total. The smallest absolute Gasteiger partial charge is 0.164 e. The average Bonchev–Trinajstić information content (AvgIpc) is 2.11. The van der Waals surface area contributed by atoms with Gasteiger partial charge in [0.25, 0.3) is 0 Å². The molecule has 0 saturated carbocycles. The summed E-state index contributed by atoms with van der Waals surface area (Å²) in [6, 6.07) is 0. The van der Waals surface area contributed by atoms with E-state index in [4.69, 9.17) is 0 Å². The summed E-state index contributed by atoms with van der Waals surface area (Å²) in [5, 5.41) is 5.60. The van der Waals surface area contributed by atoms with Crippen molar-refractivity contribution in [2.75, 3.05) is 0 Å². The van der Waals surface area contributed by atoms with Gasteiger partial charge in [-0.2, -0.15) is 13.2 Å². The predicted molar refractivity (Wildman–Crippen MR) is 29.6 cm³/mol. The molecule has 0 aliphatic carbocycles. The van der Waals surface area contributed by atoms with Crippen molar-refractivity contribution in [3.63, 3.8) is 0 Å². The van der Waals surface area contributed by atoms with Crippen LogP contribution in [0.15, 0.2) is 0 Å². The monoisotopic (exact) mass is 168 g/mol. The number of rotatable bonds is 0. The van der Waals surface area contributed by atoms with Crippen LogP contribution >= 0.6 is 11.3 Å². The molecule has 1 heterocycles. The Morgan fingerprint density at radius 1 is 1.30 bits per heavy atom. The van der Waals surface area contributed by atoms with Crippen LogP contribution in [0, 0.1) is 6.92 Å². The van der Waals surface area contributed by atoms with Gasteiger partial charge in [0.1, 0.15) is 5.01 Å².